The monoisotopic (exact) mass is 367 g/mol. The van der Waals surface area contributed by atoms with Crippen molar-refractivity contribution in [3.05, 3.63) is 59.2 Å². The first-order valence-electron chi connectivity index (χ1n) is 8.87. The number of phenols is 1. The highest BCUT2D eigenvalue weighted by molar-refractivity contribution is 5.95. The Bertz CT molecular complexity index is 831. The van der Waals surface area contributed by atoms with Crippen LogP contribution in [0.25, 0.3) is 0 Å². The van der Waals surface area contributed by atoms with Crippen LogP contribution >= 0.6 is 0 Å². The third-order valence-corrected chi connectivity index (χ3v) is 4.74. The van der Waals surface area contributed by atoms with Gasteiger partial charge in [0.1, 0.15) is 17.8 Å². The lowest BCUT2D eigenvalue weighted by Crippen LogP contribution is -2.41. The third-order valence-electron chi connectivity index (χ3n) is 4.74. The number of nitrogens with zero attached hydrogens (tertiary/aromatic N) is 1. The lowest BCUT2D eigenvalue weighted by Gasteiger charge is -2.32. The van der Waals surface area contributed by atoms with Crippen molar-refractivity contribution in [1.82, 2.24) is 4.90 Å². The van der Waals surface area contributed by atoms with Gasteiger partial charge in [0, 0.05) is 30.1 Å². The van der Waals surface area contributed by atoms with Crippen LogP contribution < -0.4 is 4.74 Å². The van der Waals surface area contributed by atoms with Crippen molar-refractivity contribution < 1.29 is 24.2 Å². The van der Waals surface area contributed by atoms with Crippen LogP contribution in [-0.2, 0) is 0 Å². The summed E-state index contributed by atoms with van der Waals surface area (Å²) in [6, 6.07) is 11.3. The molecule has 1 aliphatic heterocycles. The van der Waals surface area contributed by atoms with Crippen molar-refractivity contribution in [3.8, 4) is 11.5 Å². The SMILES string of the molecule is O=Cc1ccc(C(=O)N2CCC[C@@H](COc3cccc(O)c3C=O)C2)cc1. The van der Waals surface area contributed by atoms with Crippen molar-refractivity contribution >= 4 is 18.5 Å². The zero-order valence-corrected chi connectivity index (χ0v) is 14.8. The quantitative estimate of drug-likeness (QED) is 0.794. The second kappa shape index (κ2) is 8.49. The molecule has 1 amide bonds. The smallest absolute Gasteiger partial charge is 0.253 e. The molecule has 2 aromatic rings. The molecule has 6 heteroatoms. The number of carbonyl (C=O) groups is 3. The number of hydrogen-bond acceptors (Lipinski definition) is 5. The standard InChI is InChI=1S/C21H21NO5/c23-12-15-6-8-17(9-7-15)21(26)22-10-2-3-16(11-22)14-27-20-5-1-4-19(25)18(20)13-24/h1,4-9,12-13,16,25H,2-3,10-11,14H2/t16-/m1/s1. The van der Waals surface area contributed by atoms with Gasteiger partial charge in [-0.15, -0.1) is 0 Å². The minimum absolute atomic E-state index is 0.0666. The molecule has 0 saturated carbocycles. The van der Waals surface area contributed by atoms with Crippen LogP contribution in [0.15, 0.2) is 42.5 Å². The van der Waals surface area contributed by atoms with Crippen LogP contribution in [0.4, 0.5) is 0 Å². The molecule has 0 unspecified atom stereocenters. The van der Waals surface area contributed by atoms with Crippen LogP contribution in [0.2, 0.25) is 0 Å². The van der Waals surface area contributed by atoms with Gasteiger partial charge in [0.25, 0.3) is 5.91 Å². The largest absolute Gasteiger partial charge is 0.507 e. The van der Waals surface area contributed by atoms with Gasteiger partial charge >= 0.3 is 0 Å². The summed E-state index contributed by atoms with van der Waals surface area (Å²) in [6.45, 7) is 1.60. The normalized spacial score (nSPS) is 16.6. The summed E-state index contributed by atoms with van der Waals surface area (Å²) in [5, 5.41) is 9.72. The maximum atomic E-state index is 12.7. The zero-order chi connectivity index (χ0) is 19.2. The molecule has 1 saturated heterocycles. The molecule has 1 aliphatic rings. The highest BCUT2D eigenvalue weighted by atomic mass is 16.5. The van der Waals surface area contributed by atoms with Crippen LogP contribution in [0, 0.1) is 5.92 Å². The van der Waals surface area contributed by atoms with E-state index in [-0.39, 0.29) is 23.1 Å². The molecule has 0 spiro atoms. The first kappa shape index (κ1) is 18.6. The number of likely N-dealkylation sites (tertiary alicyclic amines) is 1. The Morgan fingerprint density at radius 1 is 1.15 bits per heavy atom. The van der Waals surface area contributed by atoms with Gasteiger partial charge in [-0.25, -0.2) is 0 Å². The molecule has 1 fully saturated rings. The topological polar surface area (TPSA) is 83.9 Å². The van der Waals surface area contributed by atoms with E-state index < -0.39 is 0 Å². The second-order valence-electron chi connectivity index (χ2n) is 6.62. The Morgan fingerprint density at radius 3 is 2.63 bits per heavy atom. The van der Waals surface area contributed by atoms with E-state index in [1.54, 1.807) is 41.3 Å². The van der Waals surface area contributed by atoms with Crippen LogP contribution in [-0.4, -0.2) is 48.2 Å². The third kappa shape index (κ3) is 4.34. The summed E-state index contributed by atoms with van der Waals surface area (Å²) < 4.78 is 5.74. The zero-order valence-electron chi connectivity index (χ0n) is 14.8. The molecule has 2 aromatic carbocycles. The van der Waals surface area contributed by atoms with Crippen molar-refractivity contribution in [2.45, 2.75) is 12.8 Å². The van der Waals surface area contributed by atoms with Gasteiger partial charge in [-0.1, -0.05) is 18.2 Å². The molecular formula is C21H21NO5. The van der Waals surface area contributed by atoms with Gasteiger partial charge < -0.3 is 14.7 Å². The summed E-state index contributed by atoms with van der Waals surface area (Å²) >= 11 is 0. The molecular weight excluding hydrogens is 346 g/mol. The summed E-state index contributed by atoms with van der Waals surface area (Å²) in [4.78, 5) is 36.3. The summed E-state index contributed by atoms with van der Waals surface area (Å²) in [5.74, 6) is 0.307. The van der Waals surface area contributed by atoms with Crippen molar-refractivity contribution in [1.29, 1.82) is 0 Å². The average molecular weight is 367 g/mol. The number of benzene rings is 2. The maximum absolute atomic E-state index is 12.7. The fraction of sp³-hybridized carbons (Fsp3) is 0.286. The van der Waals surface area contributed by atoms with Crippen LogP contribution in [0.5, 0.6) is 11.5 Å². The number of hydrogen-bond donors (Lipinski definition) is 1. The van der Waals surface area contributed by atoms with Gasteiger partial charge in [0.05, 0.1) is 12.2 Å². The minimum Gasteiger partial charge on any atom is -0.507 e. The Hall–Kier alpha value is -3.15. The fourth-order valence-corrected chi connectivity index (χ4v) is 3.26. The fourth-order valence-electron chi connectivity index (χ4n) is 3.26. The molecule has 1 heterocycles. The van der Waals surface area contributed by atoms with Crippen molar-refractivity contribution in [2.75, 3.05) is 19.7 Å². The molecule has 1 atom stereocenters. The Labute approximate surface area is 157 Å². The first-order chi connectivity index (χ1) is 13.1. The number of amides is 1. The number of aldehydes is 2. The van der Waals surface area contributed by atoms with Crippen LogP contribution in [0.3, 0.4) is 0 Å². The van der Waals surface area contributed by atoms with E-state index in [1.807, 2.05) is 0 Å². The van der Waals surface area contributed by atoms with Gasteiger partial charge in [-0.2, -0.15) is 0 Å². The van der Waals surface area contributed by atoms with E-state index >= 15 is 0 Å². The maximum Gasteiger partial charge on any atom is 0.253 e. The number of phenolic OH excluding ortho intramolecular Hbond substituents is 1. The molecule has 0 aliphatic carbocycles. The highest BCUT2D eigenvalue weighted by Gasteiger charge is 2.25. The summed E-state index contributed by atoms with van der Waals surface area (Å²) in [5.41, 5.74) is 1.23. The second-order valence-corrected chi connectivity index (χ2v) is 6.62. The predicted molar refractivity (Wildman–Crippen MR) is 99.4 cm³/mol. The molecule has 140 valence electrons. The molecule has 0 radical (unpaired) electrons. The number of ether oxygens (including phenoxy) is 1. The molecule has 0 bridgehead atoms. The predicted octanol–water partition coefficient (Wildman–Crippen LogP) is 2.95. The highest BCUT2D eigenvalue weighted by Crippen LogP contribution is 2.27. The van der Waals surface area contributed by atoms with Gasteiger partial charge in [-0.05, 0) is 37.1 Å². The van der Waals surface area contributed by atoms with E-state index in [9.17, 15) is 19.5 Å². The molecule has 0 aromatic heterocycles. The van der Waals surface area contributed by atoms with E-state index in [0.717, 1.165) is 19.1 Å². The molecule has 27 heavy (non-hydrogen) atoms. The minimum atomic E-state index is -0.110. The molecule has 3 rings (SSSR count). The lowest BCUT2D eigenvalue weighted by molar-refractivity contribution is 0.0633. The first-order valence-corrected chi connectivity index (χ1v) is 8.87. The summed E-state index contributed by atoms with van der Waals surface area (Å²) in [6.07, 6.45) is 3.11. The Balaban J connectivity index is 1.62. The van der Waals surface area contributed by atoms with E-state index in [1.165, 1.54) is 6.07 Å². The lowest BCUT2D eigenvalue weighted by atomic mass is 9.98. The number of carbonyl (C=O) groups excluding carboxylic acids is 3. The Morgan fingerprint density at radius 2 is 1.93 bits per heavy atom. The number of aromatic hydroxyl groups is 1. The number of piperidine rings is 1. The summed E-state index contributed by atoms with van der Waals surface area (Å²) in [7, 11) is 0. The van der Waals surface area contributed by atoms with Crippen LogP contribution in [0.1, 0.15) is 43.9 Å². The number of rotatable bonds is 6. The van der Waals surface area contributed by atoms with Gasteiger partial charge in [-0.3, -0.25) is 14.4 Å². The van der Waals surface area contributed by atoms with Crippen molar-refractivity contribution in [2.24, 2.45) is 5.92 Å². The van der Waals surface area contributed by atoms with Crippen molar-refractivity contribution in [3.63, 3.8) is 0 Å². The molecule has 1 N–H and O–H groups in total. The van der Waals surface area contributed by atoms with Gasteiger partial charge in [0.15, 0.2) is 6.29 Å². The van der Waals surface area contributed by atoms with Gasteiger partial charge in [0.2, 0.25) is 0 Å². The average Bonchev–Trinajstić information content (AvgIpc) is 2.72. The van der Waals surface area contributed by atoms with E-state index in [2.05, 4.69) is 0 Å². The van der Waals surface area contributed by atoms with E-state index in [0.29, 0.717) is 42.9 Å². The van der Waals surface area contributed by atoms with E-state index in [4.69, 9.17) is 4.74 Å². The Kier molecular flexibility index (Phi) is 5.86. The molecule has 6 nitrogen and oxygen atoms in total.